The predicted octanol–water partition coefficient (Wildman–Crippen LogP) is 4.86. The van der Waals surface area contributed by atoms with Crippen LogP contribution in [0.4, 0.5) is 5.69 Å². The first-order valence-corrected chi connectivity index (χ1v) is 10.7. The molecule has 0 amide bonds. The van der Waals surface area contributed by atoms with Crippen LogP contribution in [-0.4, -0.2) is 21.1 Å². The molecule has 4 saturated carbocycles. The Hall–Kier alpha value is -2.77. The van der Waals surface area contributed by atoms with Crippen molar-refractivity contribution in [1.29, 1.82) is 0 Å². The number of aromatic nitrogens is 2. The van der Waals surface area contributed by atoms with E-state index < -0.39 is 11.0 Å². The summed E-state index contributed by atoms with van der Waals surface area (Å²) in [5, 5.41) is 18.8. The van der Waals surface area contributed by atoms with Crippen molar-refractivity contribution in [2.75, 3.05) is 0 Å². The third-order valence-electron chi connectivity index (χ3n) is 7.11. The topological polar surface area (TPSA) is 108 Å². The molecule has 2 aromatic rings. The summed E-state index contributed by atoms with van der Waals surface area (Å²) in [6.45, 7) is 1.73. The lowest BCUT2D eigenvalue weighted by atomic mass is 9.49. The standard InChI is InChI=1S/C22H25N3O5/c1-13(20-23-24-21(30-20)17-2-4-18(5-3-17)25(27)28)29-19(26)12-22-9-14-6-15(10-22)8-16(7-14)11-22/h2-5,13-16H,6-12H2,1H3/t13-,14?,15?,16?,22?/m0/s1. The number of benzene rings is 1. The number of hydrogen-bond donors (Lipinski definition) is 0. The van der Waals surface area contributed by atoms with Crippen LogP contribution < -0.4 is 0 Å². The first-order valence-electron chi connectivity index (χ1n) is 10.7. The van der Waals surface area contributed by atoms with Gasteiger partial charge in [-0.1, -0.05) is 0 Å². The minimum Gasteiger partial charge on any atom is -0.453 e. The molecular weight excluding hydrogens is 386 g/mol. The number of rotatable bonds is 6. The van der Waals surface area contributed by atoms with Crippen LogP contribution in [0.25, 0.3) is 11.5 Å². The molecule has 4 aliphatic carbocycles. The smallest absolute Gasteiger partial charge is 0.307 e. The van der Waals surface area contributed by atoms with E-state index in [1.54, 1.807) is 19.1 Å². The van der Waals surface area contributed by atoms with Gasteiger partial charge in [-0.3, -0.25) is 14.9 Å². The third-order valence-corrected chi connectivity index (χ3v) is 7.11. The molecule has 1 heterocycles. The van der Waals surface area contributed by atoms with Gasteiger partial charge in [-0.05, 0) is 80.8 Å². The Balaban J connectivity index is 1.22. The number of non-ortho nitro benzene ring substituents is 1. The Labute approximate surface area is 174 Å². The number of esters is 1. The van der Waals surface area contributed by atoms with Crippen LogP contribution in [0, 0.1) is 33.3 Å². The highest BCUT2D eigenvalue weighted by Gasteiger charge is 2.51. The number of carbonyl (C=O) groups excluding carboxylic acids is 1. The van der Waals surface area contributed by atoms with E-state index in [0.717, 1.165) is 37.0 Å². The van der Waals surface area contributed by atoms with Gasteiger partial charge in [0.1, 0.15) is 0 Å². The van der Waals surface area contributed by atoms with Crippen molar-refractivity contribution < 1.29 is 18.9 Å². The van der Waals surface area contributed by atoms with Crippen LogP contribution in [0.15, 0.2) is 28.7 Å². The summed E-state index contributed by atoms with van der Waals surface area (Å²) >= 11 is 0. The molecule has 0 N–H and O–H groups in total. The SMILES string of the molecule is C[C@H](OC(=O)CC12CC3CC(CC(C3)C1)C2)c1nnc(-c2ccc([N+](=O)[O-])cc2)o1. The zero-order valence-corrected chi connectivity index (χ0v) is 17.0. The summed E-state index contributed by atoms with van der Waals surface area (Å²) in [6, 6.07) is 5.88. The molecule has 30 heavy (non-hydrogen) atoms. The quantitative estimate of drug-likeness (QED) is 0.379. The summed E-state index contributed by atoms with van der Waals surface area (Å²) in [7, 11) is 0. The van der Waals surface area contributed by atoms with Crippen LogP contribution in [-0.2, 0) is 9.53 Å². The highest BCUT2D eigenvalue weighted by Crippen LogP contribution is 2.61. The highest BCUT2D eigenvalue weighted by molar-refractivity contribution is 5.70. The molecule has 0 saturated heterocycles. The highest BCUT2D eigenvalue weighted by atomic mass is 16.6. The number of nitro groups is 1. The van der Waals surface area contributed by atoms with Crippen LogP contribution in [0.5, 0.6) is 0 Å². The maximum Gasteiger partial charge on any atom is 0.307 e. The molecule has 8 nitrogen and oxygen atoms in total. The van der Waals surface area contributed by atoms with Gasteiger partial charge in [0.15, 0.2) is 6.10 Å². The van der Waals surface area contributed by atoms with E-state index in [2.05, 4.69) is 10.2 Å². The molecule has 4 fully saturated rings. The van der Waals surface area contributed by atoms with Gasteiger partial charge in [0, 0.05) is 17.7 Å². The molecule has 158 valence electrons. The zero-order chi connectivity index (χ0) is 20.9. The molecule has 0 unspecified atom stereocenters. The van der Waals surface area contributed by atoms with E-state index in [9.17, 15) is 14.9 Å². The molecule has 4 bridgehead atoms. The van der Waals surface area contributed by atoms with Crippen molar-refractivity contribution >= 4 is 11.7 Å². The fourth-order valence-electron chi connectivity index (χ4n) is 6.34. The van der Waals surface area contributed by atoms with E-state index in [4.69, 9.17) is 9.15 Å². The molecule has 0 spiro atoms. The van der Waals surface area contributed by atoms with Crippen LogP contribution in [0.2, 0.25) is 0 Å². The fraction of sp³-hybridized carbons (Fsp3) is 0.591. The van der Waals surface area contributed by atoms with Crippen molar-refractivity contribution in [2.45, 2.75) is 58.0 Å². The average molecular weight is 411 g/mol. The van der Waals surface area contributed by atoms with Crippen LogP contribution in [0.3, 0.4) is 0 Å². The van der Waals surface area contributed by atoms with Crippen molar-refractivity contribution in [3.63, 3.8) is 0 Å². The molecule has 4 aliphatic rings. The minimum atomic E-state index is -0.634. The van der Waals surface area contributed by atoms with E-state index in [1.165, 1.54) is 31.4 Å². The molecule has 8 heteroatoms. The number of nitro benzene ring substituents is 1. The number of hydrogen-bond acceptors (Lipinski definition) is 7. The van der Waals surface area contributed by atoms with Gasteiger partial charge in [0.2, 0.25) is 5.89 Å². The third kappa shape index (κ3) is 3.59. The monoisotopic (exact) mass is 411 g/mol. The Bertz CT molecular complexity index is 932. The molecular formula is C22H25N3O5. The van der Waals surface area contributed by atoms with Crippen molar-refractivity contribution in [3.05, 3.63) is 40.3 Å². The minimum absolute atomic E-state index is 0.00883. The van der Waals surface area contributed by atoms with Crippen LogP contribution >= 0.6 is 0 Å². The number of carbonyl (C=O) groups is 1. The molecule has 1 aromatic heterocycles. The molecule has 0 radical (unpaired) electrons. The van der Waals surface area contributed by atoms with Crippen molar-refractivity contribution in [2.24, 2.45) is 23.2 Å². The second-order valence-corrected chi connectivity index (χ2v) is 9.48. The molecule has 1 aromatic carbocycles. The Morgan fingerprint density at radius 2 is 1.77 bits per heavy atom. The maximum atomic E-state index is 12.7. The van der Waals surface area contributed by atoms with Gasteiger partial charge in [-0.2, -0.15) is 0 Å². The maximum absolute atomic E-state index is 12.7. The lowest BCUT2D eigenvalue weighted by Gasteiger charge is -2.56. The van der Waals surface area contributed by atoms with E-state index in [1.807, 2.05) is 0 Å². The first kappa shape index (κ1) is 19.2. The Morgan fingerprint density at radius 3 is 2.33 bits per heavy atom. The van der Waals surface area contributed by atoms with Gasteiger partial charge in [-0.25, -0.2) is 0 Å². The summed E-state index contributed by atoms with van der Waals surface area (Å²) in [5.74, 6) is 2.65. The summed E-state index contributed by atoms with van der Waals surface area (Å²) in [6.07, 6.45) is 7.36. The largest absolute Gasteiger partial charge is 0.453 e. The first-order chi connectivity index (χ1) is 14.4. The van der Waals surface area contributed by atoms with Gasteiger partial charge >= 0.3 is 5.97 Å². The summed E-state index contributed by atoms with van der Waals surface area (Å²) in [4.78, 5) is 23.0. The van der Waals surface area contributed by atoms with Gasteiger partial charge < -0.3 is 9.15 Å². The lowest BCUT2D eigenvalue weighted by Crippen LogP contribution is -2.47. The van der Waals surface area contributed by atoms with Gasteiger partial charge in [0.25, 0.3) is 11.6 Å². The second-order valence-electron chi connectivity index (χ2n) is 9.48. The normalized spacial score (nSPS) is 30.2. The zero-order valence-electron chi connectivity index (χ0n) is 17.0. The number of nitrogens with zero attached hydrogens (tertiary/aromatic N) is 3. The Morgan fingerprint density at radius 1 is 1.17 bits per heavy atom. The van der Waals surface area contributed by atoms with Crippen molar-refractivity contribution in [1.82, 2.24) is 10.2 Å². The van der Waals surface area contributed by atoms with E-state index in [0.29, 0.717) is 12.0 Å². The van der Waals surface area contributed by atoms with Gasteiger partial charge in [-0.15, -0.1) is 10.2 Å². The summed E-state index contributed by atoms with van der Waals surface area (Å²) in [5.41, 5.74) is 0.696. The van der Waals surface area contributed by atoms with E-state index >= 15 is 0 Å². The van der Waals surface area contributed by atoms with Crippen LogP contribution in [0.1, 0.15) is 63.9 Å². The predicted molar refractivity (Wildman–Crippen MR) is 106 cm³/mol. The Kier molecular flexibility index (Phi) is 4.60. The number of ether oxygens (including phenoxy) is 1. The summed E-state index contributed by atoms with van der Waals surface area (Å²) < 4.78 is 11.3. The molecule has 1 atom stereocenters. The van der Waals surface area contributed by atoms with Crippen molar-refractivity contribution in [3.8, 4) is 11.5 Å². The molecule has 0 aliphatic heterocycles. The van der Waals surface area contributed by atoms with E-state index in [-0.39, 0.29) is 28.9 Å². The second kappa shape index (κ2) is 7.18. The average Bonchev–Trinajstić information content (AvgIpc) is 3.16. The lowest BCUT2D eigenvalue weighted by molar-refractivity contribution is -0.384. The van der Waals surface area contributed by atoms with Gasteiger partial charge in [0.05, 0.1) is 11.3 Å². The molecule has 6 rings (SSSR count). The fourth-order valence-corrected chi connectivity index (χ4v) is 6.34.